The van der Waals surface area contributed by atoms with Gasteiger partial charge in [0, 0.05) is 5.56 Å². The van der Waals surface area contributed by atoms with Crippen molar-refractivity contribution in [3.63, 3.8) is 0 Å². The Balaban J connectivity index is 2.83. The number of hydrogen-bond donors (Lipinski definition) is 0. The summed E-state index contributed by atoms with van der Waals surface area (Å²) in [5.41, 5.74) is 0.969. The van der Waals surface area contributed by atoms with Crippen LogP contribution in [-0.2, 0) is 4.79 Å². The first-order valence-electron chi connectivity index (χ1n) is 4.13. The Kier molecular flexibility index (Phi) is 3.14. The highest BCUT2D eigenvalue weighted by molar-refractivity contribution is 6.07. The minimum Gasteiger partial charge on any atom is -0.300 e. The average molecular weight is 187 g/mol. The van der Waals surface area contributed by atoms with Crippen molar-refractivity contribution in [2.45, 2.75) is 13.3 Å². The van der Waals surface area contributed by atoms with E-state index in [9.17, 15) is 9.59 Å². The third-order valence-corrected chi connectivity index (χ3v) is 1.73. The van der Waals surface area contributed by atoms with Crippen molar-refractivity contribution in [3.05, 3.63) is 41.2 Å². The van der Waals surface area contributed by atoms with Crippen LogP contribution in [0.5, 0.6) is 0 Å². The van der Waals surface area contributed by atoms with Crippen LogP contribution in [-0.4, -0.2) is 11.6 Å². The molecule has 0 heterocycles. The van der Waals surface area contributed by atoms with E-state index in [1.54, 1.807) is 24.3 Å². The number of carbonyl (C=O) groups excluding carboxylic acids is 2. The van der Waals surface area contributed by atoms with Crippen molar-refractivity contribution in [3.8, 4) is 0 Å². The van der Waals surface area contributed by atoms with Crippen LogP contribution in [0, 0.1) is 6.57 Å². The zero-order chi connectivity index (χ0) is 10.6. The molecule has 0 aliphatic carbocycles. The second-order valence-electron chi connectivity index (χ2n) is 2.96. The van der Waals surface area contributed by atoms with E-state index in [2.05, 4.69) is 4.85 Å². The number of benzene rings is 1. The van der Waals surface area contributed by atoms with E-state index in [1.165, 1.54) is 6.92 Å². The molecule has 3 heteroatoms. The van der Waals surface area contributed by atoms with Gasteiger partial charge in [-0.25, -0.2) is 4.85 Å². The van der Waals surface area contributed by atoms with E-state index < -0.39 is 0 Å². The zero-order valence-corrected chi connectivity index (χ0v) is 7.78. The summed E-state index contributed by atoms with van der Waals surface area (Å²) in [5.74, 6) is -0.349. The van der Waals surface area contributed by atoms with Gasteiger partial charge in [-0.3, -0.25) is 9.59 Å². The van der Waals surface area contributed by atoms with Gasteiger partial charge in [0.15, 0.2) is 11.5 Å². The molecule has 0 aliphatic rings. The quantitative estimate of drug-likeness (QED) is 0.414. The molecule has 1 aromatic carbocycles. The van der Waals surface area contributed by atoms with Crippen molar-refractivity contribution in [2.75, 3.05) is 0 Å². The third kappa shape index (κ3) is 2.53. The minimum absolute atomic E-state index is 0.0721. The van der Waals surface area contributed by atoms with E-state index >= 15 is 0 Å². The van der Waals surface area contributed by atoms with E-state index in [4.69, 9.17) is 6.57 Å². The number of ketones is 2. The molecule has 0 unspecified atom stereocenters. The van der Waals surface area contributed by atoms with E-state index in [0.29, 0.717) is 11.3 Å². The summed E-state index contributed by atoms with van der Waals surface area (Å²) < 4.78 is 0. The summed E-state index contributed by atoms with van der Waals surface area (Å²) in [7, 11) is 0. The molecule has 3 nitrogen and oxygen atoms in total. The van der Waals surface area contributed by atoms with Crippen LogP contribution in [0.2, 0.25) is 0 Å². The molecule has 0 aromatic heterocycles. The summed E-state index contributed by atoms with van der Waals surface area (Å²) in [6.07, 6.45) is -0.0721. The van der Waals surface area contributed by atoms with Crippen molar-refractivity contribution in [1.29, 1.82) is 0 Å². The van der Waals surface area contributed by atoms with Gasteiger partial charge in [0.1, 0.15) is 5.78 Å². The van der Waals surface area contributed by atoms with Crippen molar-refractivity contribution < 1.29 is 9.59 Å². The van der Waals surface area contributed by atoms with Crippen LogP contribution in [0.4, 0.5) is 5.69 Å². The Hall–Kier alpha value is -1.95. The molecule has 70 valence electrons. The number of Topliss-reactive ketones (excluding diaryl/α,β-unsaturated/α-hetero) is 2. The largest absolute Gasteiger partial charge is 0.300 e. The van der Waals surface area contributed by atoms with Gasteiger partial charge in [-0.2, -0.15) is 0 Å². The Bertz CT molecular complexity index is 398. The topological polar surface area (TPSA) is 38.5 Å². The molecule has 0 amide bonds. The van der Waals surface area contributed by atoms with Crippen molar-refractivity contribution >= 4 is 17.3 Å². The van der Waals surface area contributed by atoms with E-state index in [1.807, 2.05) is 0 Å². The molecule has 0 radical (unpaired) electrons. The predicted molar refractivity (Wildman–Crippen MR) is 52.3 cm³/mol. The lowest BCUT2D eigenvalue weighted by molar-refractivity contribution is -0.116. The molecular weight excluding hydrogens is 178 g/mol. The van der Waals surface area contributed by atoms with Gasteiger partial charge in [0.25, 0.3) is 0 Å². The number of nitrogens with zero attached hydrogens (tertiary/aromatic N) is 1. The lowest BCUT2D eigenvalue weighted by atomic mass is 10.1. The summed E-state index contributed by atoms with van der Waals surface area (Å²) in [4.78, 5) is 25.2. The minimum atomic E-state index is -0.200. The lowest BCUT2D eigenvalue weighted by Gasteiger charge is -1.97. The summed E-state index contributed by atoms with van der Waals surface area (Å²) >= 11 is 0. The second-order valence-corrected chi connectivity index (χ2v) is 2.96. The normalized spacial score (nSPS) is 9.14. The van der Waals surface area contributed by atoms with Gasteiger partial charge >= 0.3 is 0 Å². The maximum absolute atomic E-state index is 11.4. The van der Waals surface area contributed by atoms with Crippen LogP contribution in [0.3, 0.4) is 0 Å². The molecule has 0 saturated heterocycles. The second kappa shape index (κ2) is 4.33. The maximum atomic E-state index is 11.4. The van der Waals surface area contributed by atoms with Crippen molar-refractivity contribution in [2.24, 2.45) is 0 Å². The van der Waals surface area contributed by atoms with Crippen LogP contribution in [0.25, 0.3) is 4.85 Å². The molecule has 1 aromatic rings. The highest BCUT2D eigenvalue weighted by Crippen LogP contribution is 2.13. The van der Waals surface area contributed by atoms with Crippen LogP contribution in [0.15, 0.2) is 24.3 Å². The highest BCUT2D eigenvalue weighted by atomic mass is 16.1. The predicted octanol–water partition coefficient (Wildman–Crippen LogP) is 2.40. The Morgan fingerprint density at radius 1 is 1.29 bits per heavy atom. The van der Waals surface area contributed by atoms with Crippen LogP contribution in [0.1, 0.15) is 23.7 Å². The van der Waals surface area contributed by atoms with Gasteiger partial charge in [0.05, 0.1) is 13.0 Å². The number of carbonyl (C=O) groups is 2. The number of hydrogen-bond acceptors (Lipinski definition) is 2. The molecule has 1 rings (SSSR count). The maximum Gasteiger partial charge on any atom is 0.187 e. The first kappa shape index (κ1) is 10.1. The monoisotopic (exact) mass is 187 g/mol. The van der Waals surface area contributed by atoms with Crippen LogP contribution < -0.4 is 0 Å². The van der Waals surface area contributed by atoms with Crippen molar-refractivity contribution in [1.82, 2.24) is 0 Å². The first-order chi connectivity index (χ1) is 6.63. The molecule has 0 saturated carbocycles. The first-order valence-corrected chi connectivity index (χ1v) is 4.13. The molecule has 0 fully saturated rings. The molecule has 0 aliphatic heterocycles. The summed E-state index contributed by atoms with van der Waals surface area (Å²) in [6, 6.07) is 6.28. The highest BCUT2D eigenvalue weighted by Gasteiger charge is 2.07. The third-order valence-electron chi connectivity index (χ3n) is 1.73. The van der Waals surface area contributed by atoms with Gasteiger partial charge in [-0.1, -0.05) is 24.3 Å². The van der Waals surface area contributed by atoms with E-state index in [-0.39, 0.29) is 18.0 Å². The fraction of sp³-hybridized carbons (Fsp3) is 0.182. The fourth-order valence-electron chi connectivity index (χ4n) is 1.05. The number of rotatable bonds is 3. The summed E-state index contributed by atoms with van der Waals surface area (Å²) in [6.45, 7) is 8.10. The lowest BCUT2D eigenvalue weighted by Crippen LogP contribution is -2.04. The van der Waals surface area contributed by atoms with Crippen LogP contribution >= 0.6 is 0 Å². The molecule has 0 bridgehead atoms. The smallest absolute Gasteiger partial charge is 0.187 e. The standard InChI is InChI=1S/C11H9NO2/c1-8(13)7-11(14)9-3-5-10(12-2)6-4-9/h3-6H,7H2,1H3. The molecule has 0 spiro atoms. The van der Waals surface area contributed by atoms with Gasteiger partial charge in [-0.15, -0.1) is 0 Å². The SMILES string of the molecule is [C-]#[N+]c1ccc(C(=O)CC(C)=O)cc1. The van der Waals surface area contributed by atoms with Gasteiger partial charge in [-0.05, 0) is 6.92 Å². The Morgan fingerprint density at radius 2 is 1.86 bits per heavy atom. The molecular formula is C11H9NO2. The van der Waals surface area contributed by atoms with E-state index in [0.717, 1.165) is 0 Å². The zero-order valence-electron chi connectivity index (χ0n) is 7.78. The summed E-state index contributed by atoms with van der Waals surface area (Å²) in [5, 5.41) is 0. The molecule has 0 atom stereocenters. The Labute approximate surface area is 82.2 Å². The average Bonchev–Trinajstić information content (AvgIpc) is 2.17. The van der Waals surface area contributed by atoms with Gasteiger partial charge in [0.2, 0.25) is 0 Å². The Morgan fingerprint density at radius 3 is 2.29 bits per heavy atom. The van der Waals surface area contributed by atoms with Gasteiger partial charge < -0.3 is 0 Å². The molecule has 0 N–H and O–H groups in total. The molecule has 14 heavy (non-hydrogen) atoms. The fourth-order valence-corrected chi connectivity index (χ4v) is 1.05.